The molecular formula is C13H24N2O3. The number of nitrogens with zero attached hydrogens (tertiary/aromatic N) is 2. The molecule has 1 saturated carbocycles. The molecule has 18 heavy (non-hydrogen) atoms. The van der Waals surface area contributed by atoms with Gasteiger partial charge in [0.05, 0.1) is 19.3 Å². The van der Waals surface area contributed by atoms with E-state index in [2.05, 4.69) is 0 Å². The highest BCUT2D eigenvalue weighted by molar-refractivity contribution is 5.78. The van der Waals surface area contributed by atoms with E-state index in [4.69, 9.17) is 4.84 Å². The minimum Gasteiger partial charge on any atom is -0.389 e. The van der Waals surface area contributed by atoms with E-state index in [0.717, 1.165) is 19.4 Å². The lowest BCUT2D eigenvalue weighted by atomic mass is 9.94. The number of carbonyl (C=O) groups excluding carboxylic acids is 1. The minimum absolute atomic E-state index is 0.124. The molecule has 5 heteroatoms. The number of hydrogen-bond acceptors (Lipinski definition) is 4. The van der Waals surface area contributed by atoms with E-state index < -0.39 is 6.10 Å². The Hall–Kier alpha value is -0.650. The molecule has 0 bridgehead atoms. The molecule has 1 aliphatic heterocycles. The lowest BCUT2D eigenvalue weighted by Gasteiger charge is -2.34. The third kappa shape index (κ3) is 3.43. The van der Waals surface area contributed by atoms with Gasteiger partial charge in [-0.2, -0.15) is 5.06 Å². The second-order valence-corrected chi connectivity index (χ2v) is 5.24. The van der Waals surface area contributed by atoms with Gasteiger partial charge in [0.2, 0.25) is 5.91 Å². The molecule has 104 valence electrons. The molecule has 0 aromatic carbocycles. The zero-order valence-electron chi connectivity index (χ0n) is 11.2. The lowest BCUT2D eigenvalue weighted by molar-refractivity contribution is -0.153. The van der Waals surface area contributed by atoms with Crippen LogP contribution in [0.1, 0.15) is 39.0 Å². The van der Waals surface area contributed by atoms with Crippen LogP contribution in [-0.4, -0.2) is 59.4 Å². The summed E-state index contributed by atoms with van der Waals surface area (Å²) in [5, 5.41) is 10.9. The minimum atomic E-state index is -0.456. The fourth-order valence-electron chi connectivity index (χ4n) is 2.91. The van der Waals surface area contributed by atoms with Gasteiger partial charge in [-0.1, -0.05) is 19.3 Å². The summed E-state index contributed by atoms with van der Waals surface area (Å²) in [7, 11) is 0. The summed E-state index contributed by atoms with van der Waals surface area (Å²) in [6.45, 7) is 3.81. The van der Waals surface area contributed by atoms with Crippen LogP contribution in [0.15, 0.2) is 0 Å². The number of carbonyl (C=O) groups is 1. The Morgan fingerprint density at radius 1 is 1.39 bits per heavy atom. The third-order valence-corrected chi connectivity index (χ3v) is 3.85. The summed E-state index contributed by atoms with van der Waals surface area (Å²) in [5.41, 5.74) is 0. The van der Waals surface area contributed by atoms with Gasteiger partial charge in [0.15, 0.2) is 0 Å². The molecule has 2 aliphatic rings. The maximum atomic E-state index is 12.3. The summed E-state index contributed by atoms with van der Waals surface area (Å²) >= 11 is 0. The molecule has 0 aromatic heterocycles. The van der Waals surface area contributed by atoms with Gasteiger partial charge in [-0.25, -0.2) is 0 Å². The maximum Gasteiger partial charge on any atom is 0.239 e. The van der Waals surface area contributed by atoms with Crippen LogP contribution in [0.2, 0.25) is 0 Å². The summed E-state index contributed by atoms with van der Waals surface area (Å²) < 4.78 is 0. The van der Waals surface area contributed by atoms with Crippen molar-refractivity contribution in [3.63, 3.8) is 0 Å². The van der Waals surface area contributed by atoms with Gasteiger partial charge in [-0.05, 0) is 19.8 Å². The van der Waals surface area contributed by atoms with Crippen molar-refractivity contribution in [3.8, 4) is 0 Å². The summed E-state index contributed by atoms with van der Waals surface area (Å²) in [5.74, 6) is 0.124. The zero-order valence-corrected chi connectivity index (χ0v) is 11.2. The molecule has 1 heterocycles. The monoisotopic (exact) mass is 256 g/mol. The highest BCUT2D eigenvalue weighted by atomic mass is 16.7. The van der Waals surface area contributed by atoms with E-state index >= 15 is 0 Å². The fraction of sp³-hybridized carbons (Fsp3) is 0.923. The van der Waals surface area contributed by atoms with Crippen LogP contribution in [0.25, 0.3) is 0 Å². The van der Waals surface area contributed by atoms with Gasteiger partial charge in [-0.15, -0.1) is 0 Å². The van der Waals surface area contributed by atoms with Crippen molar-refractivity contribution < 1.29 is 14.7 Å². The van der Waals surface area contributed by atoms with Crippen molar-refractivity contribution in [2.24, 2.45) is 0 Å². The van der Waals surface area contributed by atoms with E-state index in [9.17, 15) is 9.90 Å². The number of amides is 1. The van der Waals surface area contributed by atoms with Crippen molar-refractivity contribution in [2.75, 3.05) is 26.2 Å². The van der Waals surface area contributed by atoms with E-state index in [1.165, 1.54) is 19.3 Å². The standard InChI is InChI=1S/C13H24N2O3/c1-2-15(11-6-4-3-5-7-11)13(17)9-14-8-12(16)10-18-14/h11-12,16H,2-10H2,1H3/t12-/m0/s1. The molecule has 2 rings (SSSR count). The van der Waals surface area contributed by atoms with Gasteiger partial charge in [0, 0.05) is 12.6 Å². The third-order valence-electron chi connectivity index (χ3n) is 3.85. The lowest BCUT2D eigenvalue weighted by Crippen LogP contribution is -2.45. The SMILES string of the molecule is CCN(C(=O)CN1C[C@H](O)CO1)C1CCCCC1. The molecule has 1 saturated heterocycles. The Morgan fingerprint density at radius 2 is 2.11 bits per heavy atom. The van der Waals surface area contributed by atoms with Gasteiger partial charge in [0.1, 0.15) is 6.54 Å². The number of hydroxylamine groups is 2. The molecule has 0 radical (unpaired) electrons. The normalized spacial score (nSPS) is 26.4. The predicted octanol–water partition coefficient (Wildman–Crippen LogP) is 0.776. The van der Waals surface area contributed by atoms with Crippen LogP contribution < -0.4 is 0 Å². The van der Waals surface area contributed by atoms with Gasteiger partial charge >= 0.3 is 0 Å². The molecule has 1 N–H and O–H groups in total. The molecule has 0 unspecified atom stereocenters. The highest BCUT2D eigenvalue weighted by Gasteiger charge is 2.28. The number of aliphatic hydroxyl groups is 1. The maximum absolute atomic E-state index is 12.3. The first-order valence-electron chi connectivity index (χ1n) is 7.06. The Bertz CT molecular complexity index is 279. The highest BCUT2D eigenvalue weighted by Crippen LogP contribution is 2.22. The fourth-order valence-corrected chi connectivity index (χ4v) is 2.91. The van der Waals surface area contributed by atoms with Gasteiger partial charge in [0.25, 0.3) is 0 Å². The number of hydrogen-bond donors (Lipinski definition) is 1. The van der Waals surface area contributed by atoms with Crippen molar-refractivity contribution in [3.05, 3.63) is 0 Å². The molecule has 0 aromatic rings. The molecule has 0 spiro atoms. The molecule has 5 nitrogen and oxygen atoms in total. The number of β-amino-alcohol motifs (C(OH)–C–C–N with tert-alkyl or cyclic N) is 1. The second-order valence-electron chi connectivity index (χ2n) is 5.24. The van der Waals surface area contributed by atoms with Crippen molar-refractivity contribution in [1.82, 2.24) is 9.96 Å². The van der Waals surface area contributed by atoms with Gasteiger partial charge in [-0.3, -0.25) is 9.63 Å². The number of aliphatic hydroxyl groups excluding tert-OH is 1. The molecule has 2 fully saturated rings. The molecule has 1 aliphatic carbocycles. The first-order valence-corrected chi connectivity index (χ1v) is 7.06. The van der Waals surface area contributed by atoms with E-state index in [0.29, 0.717) is 19.2 Å². The molecule has 1 atom stereocenters. The first-order chi connectivity index (χ1) is 8.70. The van der Waals surface area contributed by atoms with E-state index in [1.54, 1.807) is 5.06 Å². The van der Waals surface area contributed by atoms with Crippen LogP contribution in [0.5, 0.6) is 0 Å². The van der Waals surface area contributed by atoms with Crippen molar-refractivity contribution >= 4 is 5.91 Å². The van der Waals surface area contributed by atoms with Crippen LogP contribution in [-0.2, 0) is 9.63 Å². The van der Waals surface area contributed by atoms with Gasteiger partial charge < -0.3 is 10.0 Å². The average Bonchev–Trinajstić information content (AvgIpc) is 2.77. The average molecular weight is 256 g/mol. The summed E-state index contributed by atoms with van der Waals surface area (Å²) in [4.78, 5) is 19.5. The predicted molar refractivity (Wildman–Crippen MR) is 67.8 cm³/mol. The Morgan fingerprint density at radius 3 is 2.67 bits per heavy atom. The Labute approximate surface area is 109 Å². The Balaban J connectivity index is 1.84. The number of rotatable bonds is 4. The van der Waals surface area contributed by atoms with Crippen molar-refractivity contribution in [2.45, 2.75) is 51.2 Å². The largest absolute Gasteiger partial charge is 0.389 e. The number of likely N-dealkylation sites (N-methyl/N-ethyl adjacent to an activating group) is 1. The zero-order chi connectivity index (χ0) is 13.0. The van der Waals surface area contributed by atoms with Crippen molar-refractivity contribution in [1.29, 1.82) is 0 Å². The molecular weight excluding hydrogens is 232 g/mol. The first kappa shape index (κ1) is 13.8. The molecule has 1 amide bonds. The topological polar surface area (TPSA) is 53.0 Å². The van der Waals surface area contributed by atoms with E-state index in [-0.39, 0.29) is 12.5 Å². The quantitative estimate of drug-likeness (QED) is 0.807. The van der Waals surface area contributed by atoms with Crippen LogP contribution >= 0.6 is 0 Å². The van der Waals surface area contributed by atoms with Crippen LogP contribution in [0.4, 0.5) is 0 Å². The van der Waals surface area contributed by atoms with Crippen LogP contribution in [0.3, 0.4) is 0 Å². The van der Waals surface area contributed by atoms with E-state index in [1.807, 2.05) is 11.8 Å². The smallest absolute Gasteiger partial charge is 0.239 e. The summed E-state index contributed by atoms with van der Waals surface area (Å²) in [6, 6.07) is 0.406. The second kappa shape index (κ2) is 6.50. The Kier molecular flexibility index (Phi) is 4.97. The van der Waals surface area contributed by atoms with Crippen LogP contribution in [0, 0.1) is 0 Å². The summed E-state index contributed by atoms with van der Waals surface area (Å²) in [6.07, 6.45) is 5.55.